The molecular weight excluding hydrogens is 276 g/mol. The van der Waals surface area contributed by atoms with Gasteiger partial charge < -0.3 is 10.2 Å². The van der Waals surface area contributed by atoms with Crippen LogP contribution in [-0.2, 0) is 6.42 Å². The summed E-state index contributed by atoms with van der Waals surface area (Å²) in [5, 5.41) is 0.705. The highest BCUT2D eigenvalue weighted by Gasteiger charge is 2.06. The zero-order chi connectivity index (χ0) is 14.5. The summed E-state index contributed by atoms with van der Waals surface area (Å²) in [5.41, 5.74) is 3.47. The Morgan fingerprint density at radius 1 is 1.30 bits per heavy atom. The average molecular weight is 293 g/mol. The van der Waals surface area contributed by atoms with Gasteiger partial charge in [0.2, 0.25) is 5.88 Å². The van der Waals surface area contributed by atoms with Gasteiger partial charge in [0.05, 0.1) is 0 Å². The molecule has 1 aromatic heterocycles. The standard InChI is InChI=1S/C14H17ClN4O/c1-3-4-12-17-13(19-16)8-14(18-12)20-10-5-6-11(15)9(2)7-10/h5-8H,3-4,16H2,1-2H3,(H,17,18,19). The number of nitrogen functional groups attached to an aromatic ring is 1. The van der Waals surface area contributed by atoms with Crippen LogP contribution in [0.4, 0.5) is 5.82 Å². The highest BCUT2D eigenvalue weighted by Crippen LogP contribution is 2.26. The van der Waals surface area contributed by atoms with Gasteiger partial charge in [0.25, 0.3) is 0 Å². The molecular formula is C14H17ClN4O. The zero-order valence-electron chi connectivity index (χ0n) is 11.5. The summed E-state index contributed by atoms with van der Waals surface area (Å²) in [5.74, 6) is 7.77. The van der Waals surface area contributed by atoms with Crippen molar-refractivity contribution in [2.75, 3.05) is 5.43 Å². The van der Waals surface area contributed by atoms with Crippen molar-refractivity contribution in [3.8, 4) is 11.6 Å². The number of ether oxygens (including phenoxy) is 1. The lowest BCUT2D eigenvalue weighted by molar-refractivity contribution is 0.458. The Morgan fingerprint density at radius 2 is 2.10 bits per heavy atom. The van der Waals surface area contributed by atoms with E-state index in [2.05, 4.69) is 22.3 Å². The van der Waals surface area contributed by atoms with Gasteiger partial charge in [0.15, 0.2) is 0 Å². The molecule has 6 heteroatoms. The molecule has 0 saturated heterocycles. The van der Waals surface area contributed by atoms with Gasteiger partial charge in [-0.05, 0) is 37.1 Å². The van der Waals surface area contributed by atoms with Crippen LogP contribution in [0.25, 0.3) is 0 Å². The van der Waals surface area contributed by atoms with E-state index in [0.29, 0.717) is 28.3 Å². The number of hydrogen-bond donors (Lipinski definition) is 2. The second-order valence-electron chi connectivity index (χ2n) is 4.42. The van der Waals surface area contributed by atoms with Gasteiger partial charge in [0, 0.05) is 17.5 Å². The molecule has 1 heterocycles. The Hall–Kier alpha value is -1.85. The molecule has 3 N–H and O–H groups in total. The minimum Gasteiger partial charge on any atom is -0.439 e. The maximum Gasteiger partial charge on any atom is 0.224 e. The van der Waals surface area contributed by atoms with Gasteiger partial charge >= 0.3 is 0 Å². The normalized spacial score (nSPS) is 10.4. The van der Waals surface area contributed by atoms with Gasteiger partial charge in [-0.3, -0.25) is 0 Å². The first kappa shape index (κ1) is 14.6. The number of halogens is 1. The fraction of sp³-hybridized carbons (Fsp3) is 0.286. The number of aromatic nitrogens is 2. The molecule has 5 nitrogen and oxygen atoms in total. The Balaban J connectivity index is 2.27. The topological polar surface area (TPSA) is 73.1 Å². The number of aryl methyl sites for hydroxylation is 2. The molecule has 0 spiro atoms. The van der Waals surface area contributed by atoms with E-state index < -0.39 is 0 Å². The van der Waals surface area contributed by atoms with Gasteiger partial charge in [-0.2, -0.15) is 4.98 Å². The lowest BCUT2D eigenvalue weighted by Gasteiger charge is -2.09. The molecule has 2 aromatic rings. The van der Waals surface area contributed by atoms with Gasteiger partial charge in [-0.25, -0.2) is 10.8 Å². The van der Waals surface area contributed by atoms with Crippen LogP contribution in [0, 0.1) is 6.92 Å². The van der Waals surface area contributed by atoms with E-state index in [1.807, 2.05) is 13.0 Å². The van der Waals surface area contributed by atoms with E-state index in [1.54, 1.807) is 18.2 Å². The number of benzene rings is 1. The number of rotatable bonds is 5. The summed E-state index contributed by atoms with van der Waals surface area (Å²) in [6.45, 7) is 3.99. The van der Waals surface area contributed by atoms with Crippen LogP contribution in [0.1, 0.15) is 24.7 Å². The van der Waals surface area contributed by atoms with Crippen molar-refractivity contribution in [2.45, 2.75) is 26.7 Å². The molecule has 0 amide bonds. The first-order valence-corrected chi connectivity index (χ1v) is 6.78. The number of nitrogens with one attached hydrogen (secondary N) is 1. The van der Waals surface area contributed by atoms with E-state index in [-0.39, 0.29) is 0 Å². The molecule has 0 aliphatic rings. The lowest BCUT2D eigenvalue weighted by atomic mass is 10.2. The second-order valence-corrected chi connectivity index (χ2v) is 4.82. The van der Waals surface area contributed by atoms with Crippen molar-refractivity contribution < 1.29 is 4.74 Å². The van der Waals surface area contributed by atoms with Crippen molar-refractivity contribution >= 4 is 17.4 Å². The maximum atomic E-state index is 5.99. The molecule has 0 bridgehead atoms. The highest BCUT2D eigenvalue weighted by molar-refractivity contribution is 6.31. The first-order valence-electron chi connectivity index (χ1n) is 6.41. The molecule has 0 atom stereocenters. The predicted octanol–water partition coefficient (Wildman–Crippen LogP) is 3.47. The first-order chi connectivity index (χ1) is 9.62. The second kappa shape index (κ2) is 6.54. The molecule has 2 rings (SSSR count). The maximum absolute atomic E-state index is 5.99. The van der Waals surface area contributed by atoms with E-state index in [0.717, 1.165) is 18.4 Å². The van der Waals surface area contributed by atoms with Crippen molar-refractivity contribution in [1.82, 2.24) is 9.97 Å². The molecule has 0 unspecified atom stereocenters. The number of nitrogens with zero attached hydrogens (tertiary/aromatic N) is 2. The number of anilines is 1. The molecule has 20 heavy (non-hydrogen) atoms. The molecule has 0 saturated carbocycles. The SMILES string of the molecule is CCCc1nc(NN)cc(Oc2ccc(Cl)c(C)c2)n1. The van der Waals surface area contributed by atoms with Crippen LogP contribution < -0.4 is 16.0 Å². The van der Waals surface area contributed by atoms with Crippen molar-refractivity contribution in [2.24, 2.45) is 5.84 Å². The largest absolute Gasteiger partial charge is 0.439 e. The smallest absolute Gasteiger partial charge is 0.224 e. The Bertz CT molecular complexity index is 604. The average Bonchev–Trinajstić information content (AvgIpc) is 2.43. The fourth-order valence-electron chi connectivity index (χ4n) is 1.74. The van der Waals surface area contributed by atoms with E-state index in [1.165, 1.54) is 0 Å². The minimum absolute atomic E-state index is 0.457. The van der Waals surface area contributed by atoms with Gasteiger partial charge in [-0.15, -0.1) is 0 Å². The number of hydrogen-bond acceptors (Lipinski definition) is 5. The summed E-state index contributed by atoms with van der Waals surface area (Å²) >= 11 is 5.99. The number of hydrazine groups is 1. The van der Waals surface area contributed by atoms with Crippen LogP contribution in [0.15, 0.2) is 24.3 Å². The zero-order valence-corrected chi connectivity index (χ0v) is 12.2. The van der Waals surface area contributed by atoms with Crippen LogP contribution in [0.5, 0.6) is 11.6 Å². The highest BCUT2D eigenvalue weighted by atomic mass is 35.5. The predicted molar refractivity (Wildman–Crippen MR) is 80.1 cm³/mol. The molecule has 106 valence electrons. The summed E-state index contributed by atoms with van der Waals surface area (Å²) in [4.78, 5) is 8.62. The monoisotopic (exact) mass is 292 g/mol. The third kappa shape index (κ3) is 3.59. The summed E-state index contributed by atoms with van der Waals surface area (Å²) in [7, 11) is 0. The van der Waals surface area contributed by atoms with Gasteiger partial charge in [0.1, 0.15) is 17.4 Å². The lowest BCUT2D eigenvalue weighted by Crippen LogP contribution is -2.10. The van der Waals surface area contributed by atoms with Crippen LogP contribution in [-0.4, -0.2) is 9.97 Å². The molecule has 0 fully saturated rings. The third-order valence-electron chi connectivity index (χ3n) is 2.72. The van der Waals surface area contributed by atoms with E-state index in [9.17, 15) is 0 Å². The molecule has 1 aromatic carbocycles. The minimum atomic E-state index is 0.457. The third-order valence-corrected chi connectivity index (χ3v) is 3.15. The van der Waals surface area contributed by atoms with Crippen LogP contribution in [0.2, 0.25) is 5.02 Å². The van der Waals surface area contributed by atoms with Gasteiger partial charge in [-0.1, -0.05) is 18.5 Å². The van der Waals surface area contributed by atoms with Crippen LogP contribution >= 0.6 is 11.6 Å². The summed E-state index contributed by atoms with van der Waals surface area (Å²) in [6.07, 6.45) is 1.72. The van der Waals surface area contributed by atoms with Crippen molar-refractivity contribution in [3.05, 3.63) is 40.7 Å². The Labute approximate surface area is 123 Å². The Morgan fingerprint density at radius 3 is 2.75 bits per heavy atom. The van der Waals surface area contributed by atoms with Crippen molar-refractivity contribution in [1.29, 1.82) is 0 Å². The quantitative estimate of drug-likeness (QED) is 0.652. The summed E-state index contributed by atoms with van der Waals surface area (Å²) in [6, 6.07) is 7.11. The van der Waals surface area contributed by atoms with Crippen LogP contribution in [0.3, 0.4) is 0 Å². The summed E-state index contributed by atoms with van der Waals surface area (Å²) < 4.78 is 5.74. The fourth-order valence-corrected chi connectivity index (χ4v) is 1.85. The molecule has 0 aliphatic heterocycles. The number of nitrogens with two attached hydrogens (primary N) is 1. The van der Waals surface area contributed by atoms with E-state index in [4.69, 9.17) is 22.2 Å². The van der Waals surface area contributed by atoms with Crippen molar-refractivity contribution in [3.63, 3.8) is 0 Å². The molecule has 0 aliphatic carbocycles. The molecule has 0 radical (unpaired) electrons. The Kier molecular flexibility index (Phi) is 4.76. The van der Waals surface area contributed by atoms with E-state index >= 15 is 0 Å².